The Balaban J connectivity index is 1.97. The summed E-state index contributed by atoms with van der Waals surface area (Å²) in [5.41, 5.74) is 2.12. The second-order valence-electron chi connectivity index (χ2n) is 7.47. The number of nitrogens with zero attached hydrogens (tertiary/aromatic N) is 2. The highest BCUT2D eigenvalue weighted by Gasteiger charge is 2.33. The first-order valence-corrected chi connectivity index (χ1v) is 12.2. The summed E-state index contributed by atoms with van der Waals surface area (Å²) in [6.45, 7) is 3.72. The number of hydrogen-bond donors (Lipinski definition) is 0. The molecule has 7 nitrogen and oxygen atoms in total. The van der Waals surface area contributed by atoms with Gasteiger partial charge in [-0.05, 0) is 61.4 Å². The smallest absolute Gasteiger partial charge is 0.338 e. The molecule has 1 aromatic heterocycles. The van der Waals surface area contributed by atoms with Crippen LogP contribution in [0, 0.1) is 0 Å². The third-order valence-electron chi connectivity index (χ3n) is 5.42. The van der Waals surface area contributed by atoms with E-state index in [1.807, 2.05) is 42.5 Å². The lowest BCUT2D eigenvalue weighted by molar-refractivity contribution is -0.139. The number of carbonyl (C=O) groups excluding carboxylic acids is 1. The van der Waals surface area contributed by atoms with Crippen LogP contribution in [0.5, 0.6) is 11.5 Å². The molecule has 0 saturated carbocycles. The minimum absolute atomic E-state index is 0.217. The maximum Gasteiger partial charge on any atom is 0.338 e. The van der Waals surface area contributed by atoms with Gasteiger partial charge in [0.25, 0.3) is 5.56 Å². The van der Waals surface area contributed by atoms with Gasteiger partial charge in [-0.2, -0.15) is 0 Å². The van der Waals surface area contributed by atoms with Gasteiger partial charge in [0.05, 0.1) is 42.7 Å². The monoisotopic (exact) mass is 542 g/mol. The molecule has 4 rings (SSSR count). The number of esters is 1. The summed E-state index contributed by atoms with van der Waals surface area (Å²) in [4.78, 5) is 31.8. The van der Waals surface area contributed by atoms with Crippen molar-refractivity contribution in [1.82, 2.24) is 4.57 Å². The standard InChI is InChI=1S/C25H23BrN2O5S/c1-5-33-24(30)21-14(2)27-25-28(22(21)15-7-6-8-17(11-15)31-3)23(29)20(34-25)13-16-12-18(32-4)9-10-19(16)26/h6-13,22H,5H2,1-4H3/b20-13-/t22-/m1/s1. The summed E-state index contributed by atoms with van der Waals surface area (Å²) >= 11 is 4.80. The van der Waals surface area contributed by atoms with E-state index in [0.29, 0.717) is 32.1 Å². The van der Waals surface area contributed by atoms with E-state index in [0.717, 1.165) is 15.6 Å². The van der Waals surface area contributed by atoms with E-state index in [1.54, 1.807) is 38.7 Å². The Labute approximate surface area is 208 Å². The largest absolute Gasteiger partial charge is 0.497 e. The van der Waals surface area contributed by atoms with Crippen LogP contribution in [0.2, 0.25) is 0 Å². The third kappa shape index (κ3) is 4.45. The second-order valence-corrected chi connectivity index (χ2v) is 9.33. The van der Waals surface area contributed by atoms with E-state index in [9.17, 15) is 9.59 Å². The Bertz CT molecular complexity index is 1470. The fraction of sp³-hybridized carbons (Fsp3) is 0.240. The summed E-state index contributed by atoms with van der Waals surface area (Å²) in [6, 6.07) is 12.2. The Morgan fingerprint density at radius 3 is 2.62 bits per heavy atom. The Morgan fingerprint density at radius 2 is 1.91 bits per heavy atom. The van der Waals surface area contributed by atoms with E-state index >= 15 is 0 Å². The molecular formula is C25H23BrN2O5S. The Morgan fingerprint density at radius 1 is 1.18 bits per heavy atom. The van der Waals surface area contributed by atoms with E-state index in [2.05, 4.69) is 20.9 Å². The molecular weight excluding hydrogens is 520 g/mol. The van der Waals surface area contributed by atoms with Crippen molar-refractivity contribution in [3.8, 4) is 11.5 Å². The van der Waals surface area contributed by atoms with E-state index in [4.69, 9.17) is 14.2 Å². The highest BCUT2D eigenvalue weighted by molar-refractivity contribution is 9.10. The maximum atomic E-state index is 13.7. The topological polar surface area (TPSA) is 79.1 Å². The zero-order valence-electron chi connectivity index (χ0n) is 19.1. The van der Waals surface area contributed by atoms with Crippen molar-refractivity contribution < 1.29 is 19.0 Å². The quantitative estimate of drug-likeness (QED) is 0.445. The summed E-state index contributed by atoms with van der Waals surface area (Å²) < 4.78 is 18.9. The molecule has 176 valence electrons. The zero-order chi connectivity index (χ0) is 24.4. The van der Waals surface area contributed by atoms with E-state index in [-0.39, 0.29) is 12.2 Å². The average molecular weight is 543 g/mol. The first-order valence-electron chi connectivity index (χ1n) is 10.5. The van der Waals surface area contributed by atoms with Crippen LogP contribution in [-0.4, -0.2) is 31.4 Å². The fourth-order valence-electron chi connectivity index (χ4n) is 3.82. The van der Waals surface area contributed by atoms with Crippen molar-refractivity contribution in [2.24, 2.45) is 4.99 Å². The first kappa shape index (κ1) is 24.0. The van der Waals surface area contributed by atoms with Gasteiger partial charge in [-0.1, -0.05) is 39.4 Å². The van der Waals surface area contributed by atoms with Crippen LogP contribution in [0.1, 0.15) is 31.0 Å². The van der Waals surface area contributed by atoms with Crippen LogP contribution in [-0.2, 0) is 9.53 Å². The lowest BCUT2D eigenvalue weighted by atomic mass is 9.95. The Kier molecular flexibility index (Phi) is 7.04. The molecule has 0 unspecified atom stereocenters. The number of fused-ring (bicyclic) bond motifs is 1. The molecule has 2 heterocycles. The molecule has 0 amide bonds. The van der Waals surface area contributed by atoms with Crippen LogP contribution >= 0.6 is 27.3 Å². The molecule has 0 aliphatic carbocycles. The second kappa shape index (κ2) is 9.99. The number of methoxy groups -OCH3 is 2. The maximum absolute atomic E-state index is 13.7. The number of ether oxygens (including phenoxy) is 3. The van der Waals surface area contributed by atoms with Crippen LogP contribution in [0.4, 0.5) is 0 Å². The number of aromatic nitrogens is 1. The number of halogens is 1. The predicted molar refractivity (Wildman–Crippen MR) is 134 cm³/mol. The van der Waals surface area contributed by atoms with Crippen LogP contribution < -0.4 is 24.4 Å². The molecule has 0 bridgehead atoms. The molecule has 0 spiro atoms. The molecule has 34 heavy (non-hydrogen) atoms. The lowest BCUT2D eigenvalue weighted by Crippen LogP contribution is -2.39. The molecule has 0 radical (unpaired) electrons. The van der Waals surface area contributed by atoms with Gasteiger partial charge >= 0.3 is 5.97 Å². The van der Waals surface area contributed by atoms with Crippen molar-refractivity contribution >= 4 is 39.3 Å². The van der Waals surface area contributed by atoms with Crippen molar-refractivity contribution in [2.45, 2.75) is 19.9 Å². The van der Waals surface area contributed by atoms with Gasteiger partial charge in [0.1, 0.15) is 11.5 Å². The molecule has 0 fully saturated rings. The van der Waals surface area contributed by atoms with Crippen LogP contribution in [0.3, 0.4) is 0 Å². The highest BCUT2D eigenvalue weighted by Crippen LogP contribution is 2.32. The van der Waals surface area contributed by atoms with Gasteiger partial charge in [0.2, 0.25) is 0 Å². The summed E-state index contributed by atoms with van der Waals surface area (Å²) in [7, 11) is 3.17. The number of carbonyl (C=O) groups is 1. The zero-order valence-corrected chi connectivity index (χ0v) is 21.5. The number of benzene rings is 2. The summed E-state index contributed by atoms with van der Waals surface area (Å²) in [5.74, 6) is 0.802. The van der Waals surface area contributed by atoms with Gasteiger partial charge < -0.3 is 14.2 Å². The number of allylic oxidation sites excluding steroid dienone is 1. The van der Waals surface area contributed by atoms with Crippen molar-refractivity contribution in [1.29, 1.82) is 0 Å². The third-order valence-corrected chi connectivity index (χ3v) is 7.12. The molecule has 1 atom stereocenters. The summed E-state index contributed by atoms with van der Waals surface area (Å²) in [5, 5.41) is 0. The molecule has 1 aliphatic rings. The number of rotatable bonds is 6. The van der Waals surface area contributed by atoms with Crippen LogP contribution in [0.15, 0.2) is 68.0 Å². The minimum Gasteiger partial charge on any atom is -0.497 e. The fourth-order valence-corrected chi connectivity index (χ4v) is 5.22. The van der Waals surface area contributed by atoms with Crippen LogP contribution in [0.25, 0.3) is 6.08 Å². The van der Waals surface area contributed by atoms with Gasteiger partial charge in [-0.15, -0.1) is 0 Å². The molecule has 1 aliphatic heterocycles. The SMILES string of the molecule is CCOC(=O)C1=C(C)N=c2s/c(=C\c3cc(OC)ccc3Br)c(=O)n2[C@@H]1c1cccc(OC)c1. The molecule has 3 aromatic rings. The van der Waals surface area contributed by atoms with Crippen molar-refractivity contribution in [3.05, 3.63) is 89.0 Å². The Hall–Kier alpha value is -3.17. The molecule has 0 saturated heterocycles. The first-order chi connectivity index (χ1) is 16.4. The lowest BCUT2D eigenvalue weighted by Gasteiger charge is -2.25. The predicted octanol–water partition coefficient (Wildman–Crippen LogP) is 3.58. The van der Waals surface area contributed by atoms with Gasteiger partial charge in [0.15, 0.2) is 4.80 Å². The van der Waals surface area contributed by atoms with Gasteiger partial charge in [-0.25, -0.2) is 9.79 Å². The highest BCUT2D eigenvalue weighted by atomic mass is 79.9. The van der Waals surface area contributed by atoms with Crippen molar-refractivity contribution in [3.63, 3.8) is 0 Å². The van der Waals surface area contributed by atoms with E-state index < -0.39 is 12.0 Å². The van der Waals surface area contributed by atoms with E-state index in [1.165, 1.54) is 11.3 Å². The minimum atomic E-state index is -0.693. The van der Waals surface area contributed by atoms with Gasteiger partial charge in [0, 0.05) is 4.47 Å². The molecule has 9 heteroatoms. The average Bonchev–Trinajstić information content (AvgIpc) is 3.14. The number of hydrogen-bond acceptors (Lipinski definition) is 7. The van der Waals surface area contributed by atoms with Gasteiger partial charge in [-0.3, -0.25) is 9.36 Å². The summed E-state index contributed by atoms with van der Waals surface area (Å²) in [6.07, 6.45) is 1.79. The molecule has 2 aromatic carbocycles. The molecule has 0 N–H and O–H groups in total. The van der Waals surface area contributed by atoms with Crippen molar-refractivity contribution in [2.75, 3.05) is 20.8 Å². The normalized spacial score (nSPS) is 15.6. The number of thiazole rings is 1.